The van der Waals surface area contributed by atoms with Crippen molar-refractivity contribution >= 4 is 60.8 Å². The van der Waals surface area contributed by atoms with Crippen LogP contribution in [0.3, 0.4) is 0 Å². The molecule has 1 amide bonds. The molecule has 3 heterocycles. The number of hydrogen-bond acceptors (Lipinski definition) is 8. The van der Waals surface area contributed by atoms with Crippen LogP contribution >= 0.6 is 23.1 Å². The Hall–Kier alpha value is -2.24. The van der Waals surface area contributed by atoms with Gasteiger partial charge in [0.25, 0.3) is 16.0 Å². The number of hydrogen-bond donors (Lipinski definition) is 0. The second-order valence-electron chi connectivity index (χ2n) is 11.5. The molecule has 0 N–H and O–H groups in total. The van der Waals surface area contributed by atoms with E-state index in [1.807, 2.05) is 6.92 Å². The highest BCUT2D eigenvalue weighted by atomic mass is 35.5. The summed E-state index contributed by atoms with van der Waals surface area (Å²) in [5, 5.41) is 1.89. The lowest BCUT2D eigenvalue weighted by molar-refractivity contribution is -0.124. The summed E-state index contributed by atoms with van der Waals surface area (Å²) in [5.74, 6) is 0.714. The van der Waals surface area contributed by atoms with E-state index in [4.69, 9.17) is 20.2 Å². The van der Waals surface area contributed by atoms with E-state index in [0.29, 0.717) is 11.6 Å². The van der Waals surface area contributed by atoms with Gasteiger partial charge in [-0.15, -0.1) is 0 Å². The van der Waals surface area contributed by atoms with E-state index in [1.165, 1.54) is 17.0 Å². The molecule has 5 rings (SSSR count). The Morgan fingerprint density at radius 3 is 2.58 bits per heavy atom. The molecule has 0 bridgehead atoms. The maximum atomic E-state index is 13.3. The number of rotatable bonds is 7. The molecule has 1 fully saturated rings. The Balaban J connectivity index is 1.30. The van der Waals surface area contributed by atoms with Crippen LogP contribution in [0.4, 0.5) is 11.5 Å². The molecule has 0 aliphatic carbocycles. The van der Waals surface area contributed by atoms with E-state index < -0.39 is 16.2 Å². The fraction of sp³-hybridized carbons (Fsp3) is 0.517. The van der Waals surface area contributed by atoms with Crippen molar-refractivity contribution in [1.82, 2.24) is 9.27 Å². The first-order chi connectivity index (χ1) is 18.9. The number of benzene rings is 2. The zero-order valence-corrected chi connectivity index (χ0v) is 26.1. The van der Waals surface area contributed by atoms with Crippen molar-refractivity contribution in [2.24, 2.45) is 0 Å². The third-order valence-electron chi connectivity index (χ3n) is 8.16. The fourth-order valence-electron chi connectivity index (χ4n) is 5.84. The van der Waals surface area contributed by atoms with Gasteiger partial charge in [0, 0.05) is 49.7 Å². The molecular weight excluding hydrogens is 568 g/mol. The largest absolute Gasteiger partial charge is 0.353 e. The molecule has 2 aliphatic heterocycles. The molecule has 40 heavy (non-hydrogen) atoms. The van der Waals surface area contributed by atoms with Crippen LogP contribution in [-0.2, 0) is 30.9 Å². The highest BCUT2D eigenvalue weighted by molar-refractivity contribution is 7.86. The van der Waals surface area contributed by atoms with Crippen LogP contribution in [0.5, 0.6) is 0 Å². The molecule has 1 atom stereocenters. The Bertz CT molecular complexity index is 1530. The number of carbonyl (C=O) groups is 1. The molecule has 0 saturated carbocycles. The summed E-state index contributed by atoms with van der Waals surface area (Å²) >= 11 is 8.50. The van der Waals surface area contributed by atoms with Crippen molar-refractivity contribution in [2.45, 2.75) is 52.1 Å². The first-order valence-corrected chi connectivity index (χ1v) is 16.7. The van der Waals surface area contributed by atoms with Gasteiger partial charge < -0.3 is 9.80 Å². The third-order valence-corrected chi connectivity index (χ3v) is 10.1. The minimum absolute atomic E-state index is 0.154. The summed E-state index contributed by atoms with van der Waals surface area (Å²) in [7, 11) is -3.76. The molecule has 0 spiro atoms. The SMILES string of the molecule is Cc1c(Cl)c(CCN2CCN(c3nsc4ccccc34)CC2)cc2c1N(C(=O)C(C)OS(C)(=O)=O)CCC2(C)C. The summed E-state index contributed by atoms with van der Waals surface area (Å²) in [6, 6.07) is 10.6. The number of halogens is 1. The standard InChI is InChI=1S/C29H37ClN4O4S2/c1-19-25(30)21(10-12-32-14-16-33(17-15-32)27-22-8-6-7-9-24(22)39-31-27)18-23-26(19)34(13-11-29(23,3)4)28(35)20(2)38-40(5,36)37/h6-9,18,20H,10-17H2,1-5H3. The lowest BCUT2D eigenvalue weighted by Crippen LogP contribution is -2.47. The lowest BCUT2D eigenvalue weighted by atomic mass is 9.75. The van der Waals surface area contributed by atoms with E-state index in [-0.39, 0.29) is 11.3 Å². The molecule has 1 saturated heterocycles. The highest BCUT2D eigenvalue weighted by Crippen LogP contribution is 2.45. The van der Waals surface area contributed by atoms with Crippen molar-refractivity contribution in [3.05, 3.63) is 52.0 Å². The van der Waals surface area contributed by atoms with Crippen LogP contribution in [-0.4, -0.2) is 75.2 Å². The number of fused-ring (bicyclic) bond motifs is 2. The van der Waals surface area contributed by atoms with Crippen molar-refractivity contribution in [3.63, 3.8) is 0 Å². The van der Waals surface area contributed by atoms with Crippen molar-refractivity contribution in [1.29, 1.82) is 0 Å². The summed E-state index contributed by atoms with van der Waals surface area (Å²) in [6.07, 6.45) is 1.41. The molecule has 2 aromatic carbocycles. The lowest BCUT2D eigenvalue weighted by Gasteiger charge is -2.41. The minimum atomic E-state index is -3.76. The van der Waals surface area contributed by atoms with Crippen LogP contribution < -0.4 is 9.80 Å². The normalized spacial score (nSPS) is 18.6. The number of nitrogens with zero attached hydrogens (tertiary/aromatic N) is 4. The van der Waals surface area contributed by atoms with Gasteiger partial charge in [0.1, 0.15) is 5.82 Å². The number of piperazine rings is 1. The van der Waals surface area contributed by atoms with Crippen LogP contribution in [0.15, 0.2) is 30.3 Å². The molecule has 216 valence electrons. The molecule has 8 nitrogen and oxygen atoms in total. The fourth-order valence-corrected chi connectivity index (χ4v) is 7.48. The van der Waals surface area contributed by atoms with Crippen molar-refractivity contribution in [3.8, 4) is 0 Å². The first-order valence-electron chi connectivity index (χ1n) is 13.7. The van der Waals surface area contributed by atoms with Gasteiger partial charge in [0.15, 0.2) is 6.10 Å². The molecule has 2 aliphatic rings. The summed E-state index contributed by atoms with van der Waals surface area (Å²) < 4.78 is 34.3. The van der Waals surface area contributed by atoms with E-state index in [9.17, 15) is 13.2 Å². The van der Waals surface area contributed by atoms with Crippen molar-refractivity contribution < 1.29 is 17.4 Å². The van der Waals surface area contributed by atoms with Gasteiger partial charge in [-0.2, -0.15) is 12.8 Å². The van der Waals surface area contributed by atoms with E-state index >= 15 is 0 Å². The van der Waals surface area contributed by atoms with Crippen LogP contribution in [0.25, 0.3) is 10.1 Å². The Kier molecular flexibility index (Phi) is 8.20. The second-order valence-corrected chi connectivity index (χ2v) is 14.3. The summed E-state index contributed by atoms with van der Waals surface area (Å²) in [5.41, 5.74) is 3.62. The molecular formula is C29H37ClN4O4S2. The molecule has 1 aromatic heterocycles. The topological polar surface area (TPSA) is 83.0 Å². The molecule has 11 heteroatoms. The van der Waals surface area contributed by atoms with Gasteiger partial charge >= 0.3 is 0 Å². The van der Waals surface area contributed by atoms with Crippen molar-refractivity contribution in [2.75, 3.05) is 55.3 Å². The number of aromatic nitrogens is 1. The predicted octanol–water partition coefficient (Wildman–Crippen LogP) is 5.00. The Morgan fingerprint density at radius 2 is 1.88 bits per heavy atom. The van der Waals surface area contributed by atoms with E-state index in [2.05, 4.69) is 54.0 Å². The smallest absolute Gasteiger partial charge is 0.265 e. The average molecular weight is 605 g/mol. The van der Waals surface area contributed by atoms with Gasteiger partial charge in [0.2, 0.25) is 0 Å². The van der Waals surface area contributed by atoms with Crippen LogP contribution in [0, 0.1) is 6.92 Å². The second kappa shape index (κ2) is 11.2. The summed E-state index contributed by atoms with van der Waals surface area (Å²) in [4.78, 5) is 19.8. The minimum Gasteiger partial charge on any atom is -0.353 e. The van der Waals surface area contributed by atoms with Gasteiger partial charge in [0.05, 0.1) is 16.6 Å². The van der Waals surface area contributed by atoms with E-state index in [1.54, 1.807) is 16.4 Å². The predicted molar refractivity (Wildman–Crippen MR) is 164 cm³/mol. The van der Waals surface area contributed by atoms with Crippen LogP contribution in [0.1, 0.15) is 43.9 Å². The van der Waals surface area contributed by atoms with Gasteiger partial charge in [-0.25, -0.2) is 0 Å². The van der Waals surface area contributed by atoms with Crippen LogP contribution in [0.2, 0.25) is 5.02 Å². The zero-order valence-electron chi connectivity index (χ0n) is 23.7. The summed E-state index contributed by atoms with van der Waals surface area (Å²) in [6.45, 7) is 12.9. The molecule has 3 aromatic rings. The number of amides is 1. The van der Waals surface area contributed by atoms with Gasteiger partial charge in [-0.1, -0.05) is 43.6 Å². The monoisotopic (exact) mass is 604 g/mol. The molecule has 1 unspecified atom stereocenters. The number of carbonyl (C=O) groups excluding carboxylic acids is 1. The average Bonchev–Trinajstić information content (AvgIpc) is 3.33. The number of anilines is 2. The maximum Gasteiger partial charge on any atom is 0.265 e. The highest BCUT2D eigenvalue weighted by Gasteiger charge is 2.38. The Labute approximate surface area is 246 Å². The first kappa shape index (κ1) is 29.3. The zero-order chi connectivity index (χ0) is 28.8. The maximum absolute atomic E-state index is 13.3. The Morgan fingerprint density at radius 1 is 1.18 bits per heavy atom. The van der Waals surface area contributed by atoms with E-state index in [0.717, 1.165) is 80.0 Å². The third kappa shape index (κ3) is 5.87. The molecule has 0 radical (unpaired) electrons. The van der Waals surface area contributed by atoms with Gasteiger partial charge in [-0.3, -0.25) is 13.9 Å². The van der Waals surface area contributed by atoms with Gasteiger partial charge in [-0.05, 0) is 72.5 Å². The quantitative estimate of drug-likeness (QED) is 0.351.